The topological polar surface area (TPSA) is 43.9 Å². The fourth-order valence-electron chi connectivity index (χ4n) is 2.09. The quantitative estimate of drug-likeness (QED) is 0.682. The lowest BCUT2D eigenvalue weighted by atomic mass is 10.3. The van der Waals surface area contributed by atoms with Gasteiger partial charge in [0.2, 0.25) is 0 Å². The van der Waals surface area contributed by atoms with Crippen LogP contribution in [0, 0.1) is 5.82 Å². The van der Waals surface area contributed by atoms with E-state index in [-0.39, 0.29) is 10.4 Å². The Bertz CT molecular complexity index is 753. The summed E-state index contributed by atoms with van der Waals surface area (Å²) in [7, 11) is 0. The zero-order chi connectivity index (χ0) is 14.3. The molecule has 3 aromatic rings. The number of benzene rings is 1. The van der Waals surface area contributed by atoms with Crippen LogP contribution in [0.5, 0.6) is 0 Å². The molecule has 2 heterocycles. The molecule has 3 rings (SSSR count). The van der Waals surface area contributed by atoms with Gasteiger partial charge in [-0.1, -0.05) is 16.8 Å². The van der Waals surface area contributed by atoms with E-state index in [9.17, 15) is 4.39 Å². The van der Waals surface area contributed by atoms with Crippen LogP contribution >= 0.6 is 23.2 Å². The number of rotatable bonds is 3. The number of halogens is 3. The first kappa shape index (κ1) is 13.4. The summed E-state index contributed by atoms with van der Waals surface area (Å²) in [6, 6.07) is 4.60. The van der Waals surface area contributed by atoms with Crippen molar-refractivity contribution in [1.29, 1.82) is 0 Å². The second kappa shape index (κ2) is 5.07. The molecule has 1 aromatic carbocycles. The standard InChI is InChI=1S/C13H10Cl2FN3O/c1-7(14)13-17-11-5-10(16)9(15)4-12(11)19(13)6-8-2-3-20-18-8/h2-5,7H,6H2,1H3. The fraction of sp³-hybridized carbons (Fsp3) is 0.231. The third kappa shape index (κ3) is 2.27. The third-order valence-corrected chi connectivity index (χ3v) is 3.47. The van der Waals surface area contributed by atoms with Crippen LogP contribution in [0.15, 0.2) is 29.0 Å². The molecule has 0 saturated carbocycles. The number of alkyl halides is 1. The Morgan fingerprint density at radius 2 is 2.25 bits per heavy atom. The first-order chi connectivity index (χ1) is 9.56. The molecule has 104 valence electrons. The van der Waals surface area contributed by atoms with E-state index in [1.807, 2.05) is 4.57 Å². The molecule has 0 N–H and O–H groups in total. The lowest BCUT2D eigenvalue weighted by molar-refractivity contribution is 0.409. The van der Waals surface area contributed by atoms with Gasteiger partial charge in [-0.3, -0.25) is 0 Å². The molecule has 1 unspecified atom stereocenters. The Labute approximate surface area is 124 Å². The zero-order valence-electron chi connectivity index (χ0n) is 10.5. The number of aromatic nitrogens is 3. The molecular weight excluding hydrogens is 304 g/mol. The van der Waals surface area contributed by atoms with Gasteiger partial charge in [-0.2, -0.15) is 0 Å². The van der Waals surface area contributed by atoms with Gasteiger partial charge in [0.1, 0.15) is 23.6 Å². The SMILES string of the molecule is CC(Cl)c1nc2cc(F)c(Cl)cc2n1Cc1ccon1. The summed E-state index contributed by atoms with van der Waals surface area (Å²) in [5.41, 5.74) is 1.95. The molecule has 0 bridgehead atoms. The van der Waals surface area contributed by atoms with Gasteiger partial charge in [0.25, 0.3) is 0 Å². The smallest absolute Gasteiger partial charge is 0.144 e. The number of fused-ring (bicyclic) bond motifs is 1. The highest BCUT2D eigenvalue weighted by atomic mass is 35.5. The predicted octanol–water partition coefficient (Wildman–Crippen LogP) is 4.16. The fourth-order valence-corrected chi connectivity index (χ4v) is 2.41. The number of nitrogens with zero attached hydrogens (tertiary/aromatic N) is 3. The van der Waals surface area contributed by atoms with E-state index in [2.05, 4.69) is 10.1 Å². The summed E-state index contributed by atoms with van der Waals surface area (Å²) >= 11 is 12.0. The molecule has 0 saturated heterocycles. The third-order valence-electron chi connectivity index (χ3n) is 2.99. The minimum atomic E-state index is -0.501. The van der Waals surface area contributed by atoms with Gasteiger partial charge in [0, 0.05) is 12.1 Å². The van der Waals surface area contributed by atoms with Crippen LogP contribution < -0.4 is 0 Å². The van der Waals surface area contributed by atoms with Crippen molar-refractivity contribution >= 4 is 34.2 Å². The second-order valence-corrected chi connectivity index (χ2v) is 5.48. The average Bonchev–Trinajstić information content (AvgIpc) is 3.00. The van der Waals surface area contributed by atoms with Crippen molar-refractivity contribution in [3.05, 3.63) is 46.8 Å². The summed E-state index contributed by atoms with van der Waals surface area (Å²) in [5.74, 6) is 0.130. The van der Waals surface area contributed by atoms with E-state index in [0.29, 0.717) is 23.4 Å². The summed E-state index contributed by atoms with van der Waals surface area (Å²) < 4.78 is 20.2. The zero-order valence-corrected chi connectivity index (χ0v) is 12.0. The maximum atomic E-state index is 13.5. The Morgan fingerprint density at radius 1 is 1.45 bits per heavy atom. The van der Waals surface area contributed by atoms with Gasteiger partial charge in [-0.25, -0.2) is 9.37 Å². The molecule has 7 heteroatoms. The molecule has 0 radical (unpaired) electrons. The first-order valence-electron chi connectivity index (χ1n) is 5.95. The number of hydrogen-bond acceptors (Lipinski definition) is 3. The molecule has 1 atom stereocenters. The van der Waals surface area contributed by atoms with Crippen molar-refractivity contribution in [2.45, 2.75) is 18.8 Å². The van der Waals surface area contributed by atoms with Crippen LogP contribution in [0.25, 0.3) is 11.0 Å². The summed E-state index contributed by atoms with van der Waals surface area (Å²) in [5, 5.41) is 3.59. The van der Waals surface area contributed by atoms with Crippen LogP contribution in [0.3, 0.4) is 0 Å². The van der Waals surface area contributed by atoms with E-state index < -0.39 is 5.82 Å². The van der Waals surface area contributed by atoms with Crippen molar-refractivity contribution in [2.75, 3.05) is 0 Å². The molecule has 2 aromatic heterocycles. The summed E-state index contributed by atoms with van der Waals surface area (Å²) in [6.07, 6.45) is 1.49. The van der Waals surface area contributed by atoms with Crippen LogP contribution in [0.2, 0.25) is 5.02 Å². The first-order valence-corrected chi connectivity index (χ1v) is 6.76. The minimum absolute atomic E-state index is 0.0487. The average molecular weight is 314 g/mol. The minimum Gasteiger partial charge on any atom is -0.364 e. The molecule has 0 aliphatic carbocycles. The van der Waals surface area contributed by atoms with Crippen molar-refractivity contribution in [1.82, 2.24) is 14.7 Å². The molecule has 0 fully saturated rings. The largest absolute Gasteiger partial charge is 0.364 e. The van der Waals surface area contributed by atoms with Gasteiger partial charge in [0.15, 0.2) is 0 Å². The molecule has 0 aliphatic heterocycles. The van der Waals surface area contributed by atoms with Crippen LogP contribution in [0.4, 0.5) is 4.39 Å². The van der Waals surface area contributed by atoms with Gasteiger partial charge in [0.05, 0.1) is 28.0 Å². The number of hydrogen-bond donors (Lipinski definition) is 0. The normalized spacial score (nSPS) is 13.0. The monoisotopic (exact) mass is 313 g/mol. The van der Waals surface area contributed by atoms with Gasteiger partial charge < -0.3 is 9.09 Å². The van der Waals surface area contributed by atoms with Crippen molar-refractivity contribution < 1.29 is 8.91 Å². The lowest BCUT2D eigenvalue weighted by Crippen LogP contribution is -2.06. The predicted molar refractivity (Wildman–Crippen MR) is 74.6 cm³/mol. The highest BCUT2D eigenvalue weighted by molar-refractivity contribution is 6.31. The maximum Gasteiger partial charge on any atom is 0.144 e. The molecule has 0 aliphatic rings. The summed E-state index contributed by atoms with van der Waals surface area (Å²) in [6.45, 7) is 2.24. The van der Waals surface area contributed by atoms with E-state index in [1.165, 1.54) is 12.3 Å². The highest BCUT2D eigenvalue weighted by Gasteiger charge is 2.17. The van der Waals surface area contributed by atoms with E-state index in [0.717, 1.165) is 5.69 Å². The number of imidazole rings is 1. The van der Waals surface area contributed by atoms with Gasteiger partial charge in [-0.15, -0.1) is 11.6 Å². The van der Waals surface area contributed by atoms with Crippen molar-refractivity contribution in [3.8, 4) is 0 Å². The van der Waals surface area contributed by atoms with E-state index >= 15 is 0 Å². The lowest BCUT2D eigenvalue weighted by Gasteiger charge is -2.08. The molecule has 20 heavy (non-hydrogen) atoms. The van der Waals surface area contributed by atoms with Gasteiger partial charge >= 0.3 is 0 Å². The Balaban J connectivity index is 2.20. The summed E-state index contributed by atoms with van der Waals surface area (Å²) in [4.78, 5) is 4.37. The van der Waals surface area contributed by atoms with E-state index in [1.54, 1.807) is 19.1 Å². The highest BCUT2D eigenvalue weighted by Crippen LogP contribution is 2.28. The van der Waals surface area contributed by atoms with Crippen molar-refractivity contribution in [3.63, 3.8) is 0 Å². The molecule has 4 nitrogen and oxygen atoms in total. The second-order valence-electron chi connectivity index (χ2n) is 4.42. The molecular formula is C13H10Cl2FN3O. The van der Waals surface area contributed by atoms with E-state index in [4.69, 9.17) is 27.7 Å². The Hall–Kier alpha value is -1.59. The van der Waals surface area contributed by atoms with Gasteiger partial charge in [-0.05, 0) is 13.0 Å². The molecule has 0 spiro atoms. The van der Waals surface area contributed by atoms with Crippen LogP contribution in [0.1, 0.15) is 23.8 Å². The van der Waals surface area contributed by atoms with Crippen LogP contribution in [-0.2, 0) is 6.54 Å². The molecule has 0 amide bonds. The Morgan fingerprint density at radius 3 is 2.90 bits per heavy atom. The Kier molecular flexibility index (Phi) is 3.40. The van der Waals surface area contributed by atoms with Crippen molar-refractivity contribution in [2.24, 2.45) is 0 Å². The van der Waals surface area contributed by atoms with Crippen LogP contribution in [-0.4, -0.2) is 14.7 Å². The maximum absolute atomic E-state index is 13.5.